The van der Waals surface area contributed by atoms with E-state index >= 15 is 0 Å². The molecular formula is C32H34N2O. The lowest BCUT2D eigenvalue weighted by Gasteiger charge is -2.32. The topological polar surface area (TPSA) is 46.0 Å². The predicted octanol–water partition coefficient (Wildman–Crippen LogP) is 8.47. The van der Waals surface area contributed by atoms with E-state index in [1.807, 2.05) is 18.3 Å². The molecule has 0 amide bonds. The number of aryl methyl sites for hydroxylation is 1. The molecule has 0 saturated heterocycles. The molecule has 0 spiro atoms. The summed E-state index contributed by atoms with van der Waals surface area (Å²) in [4.78, 5) is 9.78. The highest BCUT2D eigenvalue weighted by atomic mass is 16.3. The second-order valence-corrected chi connectivity index (χ2v) is 9.88. The van der Waals surface area contributed by atoms with E-state index < -0.39 is 0 Å². The van der Waals surface area contributed by atoms with E-state index in [4.69, 9.17) is 4.98 Å². The van der Waals surface area contributed by atoms with Crippen molar-refractivity contribution in [3.05, 3.63) is 89.6 Å². The summed E-state index contributed by atoms with van der Waals surface area (Å²) in [6.45, 7) is 6.60. The first kappa shape index (κ1) is 23.3. The van der Waals surface area contributed by atoms with Gasteiger partial charge in [-0.3, -0.25) is 4.98 Å². The molecule has 0 bridgehead atoms. The van der Waals surface area contributed by atoms with Crippen molar-refractivity contribution >= 4 is 0 Å². The van der Waals surface area contributed by atoms with E-state index in [0.29, 0.717) is 5.75 Å². The quantitative estimate of drug-likeness (QED) is 0.286. The fourth-order valence-corrected chi connectivity index (χ4v) is 5.68. The van der Waals surface area contributed by atoms with E-state index in [0.717, 1.165) is 72.3 Å². The van der Waals surface area contributed by atoms with Crippen molar-refractivity contribution in [2.45, 2.75) is 64.7 Å². The van der Waals surface area contributed by atoms with Gasteiger partial charge in [0, 0.05) is 28.3 Å². The van der Waals surface area contributed by atoms with Gasteiger partial charge in [-0.05, 0) is 66.8 Å². The number of fused-ring (bicyclic) bond motifs is 3. The van der Waals surface area contributed by atoms with Crippen molar-refractivity contribution < 1.29 is 5.11 Å². The molecule has 0 aliphatic heterocycles. The Morgan fingerprint density at radius 1 is 0.771 bits per heavy atom. The van der Waals surface area contributed by atoms with Crippen LogP contribution in [0.3, 0.4) is 0 Å². The van der Waals surface area contributed by atoms with Gasteiger partial charge in [0.15, 0.2) is 0 Å². The van der Waals surface area contributed by atoms with Gasteiger partial charge in [-0.25, -0.2) is 4.98 Å². The third-order valence-electron chi connectivity index (χ3n) is 7.49. The molecule has 0 atom stereocenters. The largest absolute Gasteiger partial charge is 0.507 e. The van der Waals surface area contributed by atoms with E-state index in [9.17, 15) is 5.11 Å². The van der Waals surface area contributed by atoms with E-state index in [1.54, 1.807) is 6.07 Å². The van der Waals surface area contributed by atoms with Crippen molar-refractivity contribution in [1.82, 2.24) is 9.97 Å². The van der Waals surface area contributed by atoms with Crippen LogP contribution in [0.5, 0.6) is 5.75 Å². The second-order valence-electron chi connectivity index (χ2n) is 9.88. The maximum absolute atomic E-state index is 11.0. The van der Waals surface area contributed by atoms with Crippen molar-refractivity contribution in [3.8, 4) is 39.5 Å². The number of benzene rings is 2. The lowest BCUT2D eigenvalue weighted by molar-refractivity contribution is 0.412. The van der Waals surface area contributed by atoms with Crippen LogP contribution in [0.1, 0.15) is 69.1 Å². The zero-order chi connectivity index (χ0) is 24.4. The van der Waals surface area contributed by atoms with Gasteiger partial charge in [0.05, 0.1) is 17.1 Å². The Hall–Kier alpha value is -3.46. The molecule has 1 N–H and O–H groups in total. The molecule has 2 heterocycles. The molecule has 4 aromatic rings. The number of phenolic OH excluding ortho intramolecular Hbond substituents is 1. The summed E-state index contributed by atoms with van der Waals surface area (Å²) >= 11 is 0. The average molecular weight is 463 g/mol. The molecule has 5 rings (SSSR count). The summed E-state index contributed by atoms with van der Waals surface area (Å²) < 4.78 is 0. The molecule has 178 valence electrons. The monoisotopic (exact) mass is 462 g/mol. The number of aromatic nitrogens is 2. The van der Waals surface area contributed by atoms with E-state index in [1.165, 1.54) is 16.7 Å². The summed E-state index contributed by atoms with van der Waals surface area (Å²) in [5, 5.41) is 11.0. The van der Waals surface area contributed by atoms with E-state index in [2.05, 4.69) is 74.3 Å². The lowest BCUT2D eigenvalue weighted by atomic mass is 9.71. The zero-order valence-electron chi connectivity index (χ0n) is 21.0. The van der Waals surface area contributed by atoms with Gasteiger partial charge in [-0.1, -0.05) is 75.9 Å². The highest BCUT2D eigenvalue weighted by Gasteiger charge is 2.44. The Labute approximate surface area is 208 Å². The highest BCUT2D eigenvalue weighted by Crippen LogP contribution is 2.56. The number of unbranched alkanes of at least 4 members (excludes halogenated alkanes) is 2. The lowest BCUT2D eigenvalue weighted by Crippen LogP contribution is -2.25. The van der Waals surface area contributed by atoms with Crippen LogP contribution in [0, 0.1) is 6.92 Å². The first-order valence-electron chi connectivity index (χ1n) is 12.9. The maximum atomic E-state index is 11.0. The van der Waals surface area contributed by atoms with Crippen LogP contribution < -0.4 is 0 Å². The number of hydrogen-bond donors (Lipinski definition) is 1. The molecule has 0 unspecified atom stereocenters. The molecule has 0 fully saturated rings. The molecule has 1 aliphatic carbocycles. The Morgan fingerprint density at radius 3 is 2.20 bits per heavy atom. The molecule has 35 heavy (non-hydrogen) atoms. The Bertz CT molecular complexity index is 1350. The molecule has 1 aliphatic rings. The standard InChI is InChI=1S/C32H34N2O/c1-4-6-17-32(18-7-5-2)25-12-9-13-29(35)30(25)31-26(32)14-15-27(34-31)23-10-8-11-24(21-23)28-20-22(3)16-19-33-28/h8-16,19-21,35H,4-7,17-18H2,1-3H3. The fraction of sp³-hybridized carbons (Fsp3) is 0.312. The minimum Gasteiger partial charge on any atom is -0.507 e. The molecule has 0 saturated carbocycles. The van der Waals surface area contributed by atoms with Gasteiger partial charge in [-0.15, -0.1) is 0 Å². The van der Waals surface area contributed by atoms with Crippen LogP contribution in [-0.4, -0.2) is 15.1 Å². The molecule has 3 heteroatoms. The van der Waals surface area contributed by atoms with Gasteiger partial charge in [-0.2, -0.15) is 0 Å². The molecule has 0 radical (unpaired) electrons. The van der Waals surface area contributed by atoms with Crippen LogP contribution in [0.4, 0.5) is 0 Å². The van der Waals surface area contributed by atoms with E-state index in [-0.39, 0.29) is 5.41 Å². The Morgan fingerprint density at radius 2 is 1.49 bits per heavy atom. The molecule has 2 aromatic carbocycles. The zero-order valence-corrected chi connectivity index (χ0v) is 21.0. The van der Waals surface area contributed by atoms with Crippen molar-refractivity contribution in [2.75, 3.05) is 0 Å². The van der Waals surface area contributed by atoms with Crippen molar-refractivity contribution in [3.63, 3.8) is 0 Å². The first-order valence-corrected chi connectivity index (χ1v) is 12.9. The minimum absolute atomic E-state index is 0.0751. The van der Waals surface area contributed by atoms with Gasteiger partial charge < -0.3 is 5.11 Å². The third-order valence-corrected chi connectivity index (χ3v) is 7.49. The number of pyridine rings is 2. The maximum Gasteiger partial charge on any atom is 0.125 e. The van der Waals surface area contributed by atoms with Crippen molar-refractivity contribution in [2.24, 2.45) is 0 Å². The molecule has 3 nitrogen and oxygen atoms in total. The third kappa shape index (κ3) is 4.14. The minimum atomic E-state index is -0.0751. The number of phenols is 1. The number of hydrogen-bond acceptors (Lipinski definition) is 3. The predicted molar refractivity (Wildman–Crippen MR) is 145 cm³/mol. The highest BCUT2D eigenvalue weighted by molar-refractivity contribution is 5.84. The second kappa shape index (κ2) is 9.65. The van der Waals surface area contributed by atoms with Gasteiger partial charge >= 0.3 is 0 Å². The number of nitrogens with zero attached hydrogens (tertiary/aromatic N) is 2. The summed E-state index contributed by atoms with van der Waals surface area (Å²) in [7, 11) is 0. The summed E-state index contributed by atoms with van der Waals surface area (Å²) in [5.41, 5.74) is 9.54. The van der Waals surface area contributed by atoms with Crippen LogP contribution in [0.15, 0.2) is 72.9 Å². The summed E-state index contributed by atoms with van der Waals surface area (Å²) in [6, 6.07) is 23.0. The molecular weight excluding hydrogens is 428 g/mol. The van der Waals surface area contributed by atoms with Crippen molar-refractivity contribution in [1.29, 1.82) is 0 Å². The first-order chi connectivity index (χ1) is 17.1. The summed E-state index contributed by atoms with van der Waals surface area (Å²) in [5.74, 6) is 0.334. The molecule has 2 aromatic heterocycles. The normalized spacial score (nSPS) is 13.5. The Kier molecular flexibility index (Phi) is 6.42. The summed E-state index contributed by atoms with van der Waals surface area (Å²) in [6.07, 6.45) is 8.66. The van der Waals surface area contributed by atoms with Gasteiger partial charge in [0.1, 0.15) is 5.75 Å². The Balaban J connectivity index is 1.65. The number of rotatable bonds is 8. The smallest absolute Gasteiger partial charge is 0.125 e. The van der Waals surface area contributed by atoms with Crippen LogP contribution in [0.25, 0.3) is 33.8 Å². The van der Waals surface area contributed by atoms with Gasteiger partial charge in [0.25, 0.3) is 0 Å². The van der Waals surface area contributed by atoms with Crippen LogP contribution in [0.2, 0.25) is 0 Å². The van der Waals surface area contributed by atoms with Crippen LogP contribution in [-0.2, 0) is 5.41 Å². The fourth-order valence-electron chi connectivity index (χ4n) is 5.68. The average Bonchev–Trinajstić information content (AvgIpc) is 3.16. The SMILES string of the molecule is CCCCC1(CCCC)c2ccc(-c3cccc(-c4cc(C)ccn4)c3)nc2-c2c(O)cccc21. The number of aromatic hydroxyl groups is 1. The van der Waals surface area contributed by atoms with Crippen LogP contribution >= 0.6 is 0 Å². The van der Waals surface area contributed by atoms with Gasteiger partial charge in [0.2, 0.25) is 0 Å².